The molecule has 2 aromatic heterocycles. The van der Waals surface area contributed by atoms with Gasteiger partial charge in [0.2, 0.25) is 0 Å². The maximum atomic E-state index is 5.97. The van der Waals surface area contributed by atoms with Crippen molar-refractivity contribution in [1.82, 2.24) is 19.7 Å². The van der Waals surface area contributed by atoms with Crippen LogP contribution in [0.1, 0.15) is 0 Å². The molecule has 0 spiro atoms. The zero-order chi connectivity index (χ0) is 9.59. The second kappa shape index (κ2) is 3.46. The van der Waals surface area contributed by atoms with Gasteiger partial charge in [-0.1, -0.05) is 11.6 Å². The number of hydrogen-bond donors (Lipinski definition) is 0. The molecule has 2 heterocycles. The van der Waals surface area contributed by atoms with E-state index in [1.165, 1.54) is 0 Å². The zero-order valence-corrected chi connectivity index (χ0v) is 11.5. The van der Waals surface area contributed by atoms with E-state index in [1.807, 2.05) is 29.6 Å². The minimum absolute atomic E-state index is 0.465. The second-order valence-electron chi connectivity index (χ2n) is 2.40. The van der Waals surface area contributed by atoms with Crippen LogP contribution in [0.5, 0.6) is 0 Å². The van der Waals surface area contributed by atoms with Crippen molar-refractivity contribution in [3.8, 4) is 0 Å². The molecule has 13 heavy (non-hydrogen) atoms. The Kier molecular flexibility index (Phi) is 2.62. The first-order chi connectivity index (χ1) is 6.09. The van der Waals surface area contributed by atoms with Crippen molar-refractivity contribution in [3.05, 3.63) is 12.7 Å². The number of fused-ring (bicyclic) bond motifs is 1. The van der Waals surface area contributed by atoms with Gasteiger partial charge in [0.1, 0.15) is 8.85 Å². The second-order valence-corrected chi connectivity index (χ2v) is 4.74. The molecular formula is C6H3ClI2N4. The molecule has 0 aliphatic rings. The van der Waals surface area contributed by atoms with Crippen molar-refractivity contribution in [2.75, 3.05) is 0 Å². The third kappa shape index (κ3) is 1.63. The van der Waals surface area contributed by atoms with Crippen LogP contribution in [0.3, 0.4) is 0 Å². The van der Waals surface area contributed by atoms with Crippen LogP contribution in [0.25, 0.3) is 11.0 Å². The van der Waals surface area contributed by atoms with Crippen LogP contribution in [-0.4, -0.2) is 19.7 Å². The van der Waals surface area contributed by atoms with Gasteiger partial charge in [0.05, 0.1) is 5.39 Å². The Balaban J connectivity index is 2.97. The summed E-state index contributed by atoms with van der Waals surface area (Å²) in [7, 11) is 1.84. The Morgan fingerprint density at radius 2 is 2.00 bits per heavy atom. The van der Waals surface area contributed by atoms with Crippen LogP contribution in [0, 0.1) is 7.53 Å². The van der Waals surface area contributed by atoms with E-state index in [9.17, 15) is 0 Å². The fraction of sp³-hybridized carbons (Fsp3) is 0.167. The molecule has 0 saturated carbocycles. The minimum atomic E-state index is 0.465. The number of hydrogen-bond acceptors (Lipinski definition) is 3. The fourth-order valence-electron chi connectivity index (χ4n) is 1.04. The van der Waals surface area contributed by atoms with E-state index < -0.39 is 0 Å². The highest BCUT2D eigenvalue weighted by Gasteiger charge is 2.13. The van der Waals surface area contributed by atoms with Crippen molar-refractivity contribution < 1.29 is 0 Å². The van der Waals surface area contributed by atoms with Gasteiger partial charge in [-0.15, -0.1) is 0 Å². The summed E-state index contributed by atoms with van der Waals surface area (Å²) in [6, 6.07) is 0. The number of aryl methyl sites for hydroxylation is 1. The summed E-state index contributed by atoms with van der Waals surface area (Å²) in [5.74, 6) is 0. The van der Waals surface area contributed by atoms with Crippen molar-refractivity contribution in [1.29, 1.82) is 0 Å². The molecule has 0 atom stereocenters. The largest absolute Gasteiger partial charge is 0.249 e. The number of nitrogens with zero attached hydrogens (tertiary/aromatic N) is 4. The van der Waals surface area contributed by atoms with Crippen LogP contribution in [0.2, 0.25) is 5.15 Å². The van der Waals surface area contributed by atoms with Gasteiger partial charge >= 0.3 is 0 Å². The lowest BCUT2D eigenvalue weighted by Crippen LogP contribution is -1.95. The first-order valence-corrected chi connectivity index (χ1v) is 5.84. The predicted octanol–water partition coefficient (Wildman–Crippen LogP) is 2.23. The molecule has 68 valence electrons. The standard InChI is InChI=1S/C6H3ClI2N4/c1-13-5-2(4(8)12-13)3(7)10-6(9)11-5/h1H3. The lowest BCUT2D eigenvalue weighted by atomic mass is 10.4. The highest BCUT2D eigenvalue weighted by atomic mass is 127. The smallest absolute Gasteiger partial charge is 0.194 e. The molecule has 0 N–H and O–H groups in total. The monoisotopic (exact) mass is 420 g/mol. The van der Waals surface area contributed by atoms with Gasteiger partial charge in [0.15, 0.2) is 9.48 Å². The van der Waals surface area contributed by atoms with E-state index in [1.54, 1.807) is 4.68 Å². The molecule has 0 aliphatic heterocycles. The van der Waals surface area contributed by atoms with Crippen LogP contribution >= 0.6 is 56.8 Å². The molecular weight excluding hydrogens is 417 g/mol. The molecule has 4 nitrogen and oxygen atoms in total. The number of rotatable bonds is 0. The van der Waals surface area contributed by atoms with Crippen molar-refractivity contribution in [2.24, 2.45) is 7.05 Å². The average molecular weight is 420 g/mol. The third-order valence-corrected chi connectivity index (χ3v) is 3.08. The third-order valence-electron chi connectivity index (χ3n) is 1.57. The highest BCUT2D eigenvalue weighted by molar-refractivity contribution is 14.1. The summed E-state index contributed by atoms with van der Waals surface area (Å²) in [5.41, 5.74) is 0.772. The van der Waals surface area contributed by atoms with E-state index in [-0.39, 0.29) is 0 Å². The van der Waals surface area contributed by atoms with Crippen LogP contribution in [0.15, 0.2) is 0 Å². The lowest BCUT2D eigenvalue weighted by Gasteiger charge is -1.95. The quantitative estimate of drug-likeness (QED) is 0.373. The van der Waals surface area contributed by atoms with E-state index >= 15 is 0 Å². The molecule has 0 unspecified atom stereocenters. The summed E-state index contributed by atoms with van der Waals surface area (Å²) < 4.78 is 3.17. The SMILES string of the molecule is Cn1nc(I)c2c(Cl)nc(I)nc21. The predicted molar refractivity (Wildman–Crippen MR) is 66.7 cm³/mol. The molecule has 0 aliphatic carbocycles. The van der Waals surface area contributed by atoms with Crippen LogP contribution in [0.4, 0.5) is 0 Å². The van der Waals surface area contributed by atoms with E-state index in [2.05, 4.69) is 37.7 Å². The van der Waals surface area contributed by atoms with Crippen LogP contribution in [-0.2, 0) is 7.05 Å². The summed E-state index contributed by atoms with van der Waals surface area (Å²) in [4.78, 5) is 8.30. The van der Waals surface area contributed by atoms with Crippen molar-refractivity contribution in [3.63, 3.8) is 0 Å². The molecule has 7 heteroatoms. The Bertz CT molecular complexity index is 481. The Morgan fingerprint density at radius 3 is 2.69 bits per heavy atom. The normalized spacial score (nSPS) is 11.1. The average Bonchev–Trinajstić information content (AvgIpc) is 2.27. The topological polar surface area (TPSA) is 43.6 Å². The summed E-state index contributed by atoms with van der Waals surface area (Å²) >= 11 is 10.1. The number of halogens is 3. The summed E-state index contributed by atoms with van der Waals surface area (Å²) in [6.45, 7) is 0. The molecule has 0 radical (unpaired) electrons. The molecule has 0 bridgehead atoms. The van der Waals surface area contributed by atoms with Gasteiger partial charge in [-0.3, -0.25) is 0 Å². The zero-order valence-electron chi connectivity index (χ0n) is 6.42. The van der Waals surface area contributed by atoms with Gasteiger partial charge in [0, 0.05) is 29.6 Å². The van der Waals surface area contributed by atoms with Gasteiger partial charge in [0.25, 0.3) is 0 Å². The molecule has 0 saturated heterocycles. The molecule has 2 rings (SSSR count). The van der Waals surface area contributed by atoms with E-state index in [0.717, 1.165) is 14.7 Å². The van der Waals surface area contributed by atoms with Crippen molar-refractivity contribution in [2.45, 2.75) is 0 Å². The van der Waals surface area contributed by atoms with Gasteiger partial charge < -0.3 is 0 Å². The minimum Gasteiger partial charge on any atom is -0.249 e. The van der Waals surface area contributed by atoms with Crippen LogP contribution < -0.4 is 0 Å². The van der Waals surface area contributed by atoms with E-state index in [4.69, 9.17) is 11.6 Å². The lowest BCUT2D eigenvalue weighted by molar-refractivity contribution is 0.775. The molecule has 0 amide bonds. The maximum absolute atomic E-state index is 5.97. The van der Waals surface area contributed by atoms with Gasteiger partial charge in [-0.25, -0.2) is 14.6 Å². The maximum Gasteiger partial charge on any atom is 0.194 e. The first-order valence-electron chi connectivity index (χ1n) is 3.31. The molecule has 0 aromatic carbocycles. The highest BCUT2D eigenvalue weighted by Crippen LogP contribution is 2.24. The fourth-order valence-corrected chi connectivity index (χ4v) is 2.88. The van der Waals surface area contributed by atoms with Gasteiger partial charge in [-0.05, 0) is 22.6 Å². The molecule has 2 aromatic rings. The summed E-state index contributed by atoms with van der Waals surface area (Å²) in [5, 5.41) is 5.49. The Hall–Kier alpha value is 0.300. The van der Waals surface area contributed by atoms with Crippen molar-refractivity contribution >= 4 is 67.8 Å². The van der Waals surface area contributed by atoms with Gasteiger partial charge in [-0.2, -0.15) is 5.10 Å². The first kappa shape index (κ1) is 9.84. The van der Waals surface area contributed by atoms with E-state index in [0.29, 0.717) is 8.98 Å². The molecule has 0 fully saturated rings. The Morgan fingerprint density at radius 1 is 1.31 bits per heavy atom. The summed E-state index contributed by atoms with van der Waals surface area (Å²) in [6.07, 6.45) is 0. The Labute approximate surface area is 106 Å². The number of aromatic nitrogens is 4.